The molecule has 14 heavy (non-hydrogen) atoms. The lowest BCUT2D eigenvalue weighted by Crippen LogP contribution is -2.09. The van der Waals surface area contributed by atoms with Gasteiger partial charge in [0.05, 0.1) is 0 Å². The number of hydrogen-bond acceptors (Lipinski definition) is 3. The number of hydrogen-bond donors (Lipinski definition) is 1. The van der Waals surface area contributed by atoms with E-state index in [1.165, 1.54) is 0 Å². The average molecular weight is 195 g/mol. The lowest BCUT2D eigenvalue weighted by atomic mass is 10.1. The third-order valence-corrected chi connectivity index (χ3v) is 1.99. The summed E-state index contributed by atoms with van der Waals surface area (Å²) in [4.78, 5) is 0. The number of rotatable bonds is 4. The minimum atomic E-state index is -0.0255. The van der Waals surface area contributed by atoms with Crippen LogP contribution in [0.2, 0.25) is 0 Å². The highest BCUT2D eigenvalue weighted by Gasteiger charge is 2.07. The molecule has 1 rings (SSSR count). The van der Waals surface area contributed by atoms with Gasteiger partial charge in [0.15, 0.2) is 6.79 Å². The van der Waals surface area contributed by atoms with E-state index in [0.717, 1.165) is 16.9 Å². The van der Waals surface area contributed by atoms with Crippen molar-refractivity contribution < 1.29 is 9.47 Å². The third-order valence-electron chi connectivity index (χ3n) is 1.99. The molecule has 0 saturated carbocycles. The van der Waals surface area contributed by atoms with Gasteiger partial charge >= 0.3 is 0 Å². The zero-order valence-electron chi connectivity index (χ0n) is 8.91. The van der Waals surface area contributed by atoms with E-state index in [1.807, 2.05) is 32.0 Å². The highest BCUT2D eigenvalue weighted by Crippen LogP contribution is 2.24. The van der Waals surface area contributed by atoms with Gasteiger partial charge in [0.1, 0.15) is 5.75 Å². The van der Waals surface area contributed by atoms with Crippen molar-refractivity contribution in [3.63, 3.8) is 0 Å². The van der Waals surface area contributed by atoms with Crippen molar-refractivity contribution in [1.82, 2.24) is 0 Å². The summed E-state index contributed by atoms with van der Waals surface area (Å²) in [7, 11) is 1.60. The average Bonchev–Trinajstić information content (AvgIpc) is 2.14. The van der Waals surface area contributed by atoms with Crippen LogP contribution in [-0.4, -0.2) is 13.9 Å². The molecule has 3 nitrogen and oxygen atoms in total. The molecule has 0 heterocycles. The Morgan fingerprint density at radius 3 is 2.71 bits per heavy atom. The largest absolute Gasteiger partial charge is 0.467 e. The zero-order valence-corrected chi connectivity index (χ0v) is 8.91. The first-order chi connectivity index (χ1) is 6.65. The van der Waals surface area contributed by atoms with E-state index in [0.29, 0.717) is 0 Å². The first-order valence-electron chi connectivity index (χ1n) is 4.63. The Kier molecular flexibility index (Phi) is 3.92. The maximum Gasteiger partial charge on any atom is 0.188 e. The molecule has 78 valence electrons. The molecule has 1 aromatic rings. The molecule has 0 fully saturated rings. The molecule has 0 aromatic heterocycles. The van der Waals surface area contributed by atoms with E-state index in [-0.39, 0.29) is 12.8 Å². The number of nitrogens with two attached hydrogens (primary N) is 1. The fourth-order valence-corrected chi connectivity index (χ4v) is 1.27. The van der Waals surface area contributed by atoms with Crippen molar-refractivity contribution in [1.29, 1.82) is 0 Å². The Labute approximate surface area is 84.8 Å². The highest BCUT2D eigenvalue weighted by atomic mass is 16.7. The fraction of sp³-hybridized carbons (Fsp3) is 0.455. The Hall–Kier alpha value is -1.06. The van der Waals surface area contributed by atoms with Gasteiger partial charge in [-0.15, -0.1) is 0 Å². The maximum absolute atomic E-state index is 5.82. The van der Waals surface area contributed by atoms with Gasteiger partial charge < -0.3 is 15.2 Å². The van der Waals surface area contributed by atoms with Gasteiger partial charge in [-0.3, -0.25) is 0 Å². The molecule has 0 amide bonds. The van der Waals surface area contributed by atoms with Crippen molar-refractivity contribution in [2.45, 2.75) is 19.9 Å². The summed E-state index contributed by atoms with van der Waals surface area (Å²) in [5, 5.41) is 0. The van der Waals surface area contributed by atoms with Crippen LogP contribution in [0.5, 0.6) is 5.75 Å². The van der Waals surface area contributed by atoms with Gasteiger partial charge in [-0.05, 0) is 25.5 Å². The van der Waals surface area contributed by atoms with Crippen LogP contribution in [0, 0.1) is 6.92 Å². The Morgan fingerprint density at radius 2 is 2.14 bits per heavy atom. The summed E-state index contributed by atoms with van der Waals surface area (Å²) < 4.78 is 10.3. The molecule has 0 aliphatic heterocycles. The predicted octanol–water partition coefficient (Wildman–Crippen LogP) is 2.00. The monoisotopic (exact) mass is 195 g/mol. The van der Waals surface area contributed by atoms with E-state index in [2.05, 4.69) is 0 Å². The summed E-state index contributed by atoms with van der Waals surface area (Å²) in [5.74, 6) is 0.807. The first kappa shape index (κ1) is 11.0. The Balaban J connectivity index is 2.91. The van der Waals surface area contributed by atoms with Crippen molar-refractivity contribution in [3.05, 3.63) is 29.3 Å². The minimum absolute atomic E-state index is 0.0255. The van der Waals surface area contributed by atoms with Gasteiger partial charge in [0.2, 0.25) is 0 Å². The van der Waals surface area contributed by atoms with Crippen molar-refractivity contribution >= 4 is 0 Å². The molecular weight excluding hydrogens is 178 g/mol. The van der Waals surface area contributed by atoms with Gasteiger partial charge in [-0.1, -0.05) is 12.1 Å². The van der Waals surface area contributed by atoms with E-state index in [4.69, 9.17) is 15.2 Å². The molecule has 0 bridgehead atoms. The molecule has 0 unspecified atom stereocenters. The number of ether oxygens (including phenoxy) is 2. The molecule has 3 heteroatoms. The van der Waals surface area contributed by atoms with Gasteiger partial charge in [0.25, 0.3) is 0 Å². The van der Waals surface area contributed by atoms with Crippen molar-refractivity contribution in [2.24, 2.45) is 5.73 Å². The van der Waals surface area contributed by atoms with Crippen LogP contribution < -0.4 is 10.5 Å². The summed E-state index contributed by atoms with van der Waals surface area (Å²) in [5.41, 5.74) is 7.98. The van der Waals surface area contributed by atoms with E-state index < -0.39 is 0 Å². The molecule has 2 N–H and O–H groups in total. The molecule has 0 spiro atoms. The topological polar surface area (TPSA) is 44.5 Å². The second-order valence-electron chi connectivity index (χ2n) is 3.38. The summed E-state index contributed by atoms with van der Waals surface area (Å²) in [6, 6.07) is 5.96. The van der Waals surface area contributed by atoms with E-state index in [9.17, 15) is 0 Å². The smallest absolute Gasteiger partial charge is 0.188 e. The molecule has 0 radical (unpaired) electrons. The first-order valence-corrected chi connectivity index (χ1v) is 4.63. The minimum Gasteiger partial charge on any atom is -0.467 e. The molecule has 0 aliphatic carbocycles. The summed E-state index contributed by atoms with van der Waals surface area (Å²) in [6.45, 7) is 4.21. The SMILES string of the molecule is COCOc1cc(C)ccc1[C@@H](C)N. The zero-order chi connectivity index (χ0) is 10.6. The molecule has 0 saturated heterocycles. The third kappa shape index (κ3) is 2.72. The molecule has 1 aromatic carbocycles. The molecular formula is C11H17NO2. The molecule has 0 aliphatic rings. The van der Waals surface area contributed by atoms with Crippen LogP contribution in [0.4, 0.5) is 0 Å². The van der Waals surface area contributed by atoms with Gasteiger partial charge in [-0.2, -0.15) is 0 Å². The van der Waals surface area contributed by atoms with Crippen LogP contribution >= 0.6 is 0 Å². The van der Waals surface area contributed by atoms with Gasteiger partial charge in [0, 0.05) is 18.7 Å². The standard InChI is InChI=1S/C11H17NO2/c1-8-4-5-10(9(2)12)11(6-8)14-7-13-3/h4-6,9H,7,12H2,1-3H3/t9-/m1/s1. The predicted molar refractivity (Wildman–Crippen MR) is 56.3 cm³/mol. The summed E-state index contributed by atoms with van der Waals surface area (Å²) in [6.07, 6.45) is 0. The lowest BCUT2D eigenvalue weighted by Gasteiger charge is -2.13. The van der Waals surface area contributed by atoms with E-state index >= 15 is 0 Å². The van der Waals surface area contributed by atoms with Crippen LogP contribution in [0.1, 0.15) is 24.1 Å². The maximum atomic E-state index is 5.82. The van der Waals surface area contributed by atoms with Crippen LogP contribution in [-0.2, 0) is 4.74 Å². The second kappa shape index (κ2) is 4.98. The Bertz CT molecular complexity index is 297. The summed E-state index contributed by atoms with van der Waals surface area (Å²) >= 11 is 0. The number of benzene rings is 1. The van der Waals surface area contributed by atoms with Crippen LogP contribution in [0.25, 0.3) is 0 Å². The number of aryl methyl sites for hydroxylation is 1. The fourth-order valence-electron chi connectivity index (χ4n) is 1.27. The normalized spacial score (nSPS) is 12.6. The van der Waals surface area contributed by atoms with Crippen molar-refractivity contribution in [3.8, 4) is 5.75 Å². The molecule has 1 atom stereocenters. The number of methoxy groups -OCH3 is 1. The lowest BCUT2D eigenvalue weighted by molar-refractivity contribution is 0.0502. The Morgan fingerprint density at radius 1 is 1.43 bits per heavy atom. The van der Waals surface area contributed by atoms with Crippen molar-refractivity contribution in [2.75, 3.05) is 13.9 Å². The van der Waals surface area contributed by atoms with Gasteiger partial charge in [-0.25, -0.2) is 0 Å². The van der Waals surface area contributed by atoms with Crippen LogP contribution in [0.15, 0.2) is 18.2 Å². The second-order valence-corrected chi connectivity index (χ2v) is 3.38. The quantitative estimate of drug-likeness (QED) is 0.747. The van der Waals surface area contributed by atoms with Crippen LogP contribution in [0.3, 0.4) is 0 Å². The van der Waals surface area contributed by atoms with E-state index in [1.54, 1.807) is 7.11 Å². The highest BCUT2D eigenvalue weighted by molar-refractivity contribution is 5.38.